The van der Waals surface area contributed by atoms with E-state index in [1.807, 2.05) is 12.1 Å². The zero-order valence-corrected chi connectivity index (χ0v) is 16.5. The van der Waals surface area contributed by atoms with E-state index in [0.717, 1.165) is 18.4 Å². The highest BCUT2D eigenvalue weighted by atomic mass is 16.5. The highest BCUT2D eigenvalue weighted by molar-refractivity contribution is 6.14. The van der Waals surface area contributed by atoms with Gasteiger partial charge in [-0.1, -0.05) is 58.4 Å². The van der Waals surface area contributed by atoms with Crippen molar-refractivity contribution in [2.45, 2.75) is 52.4 Å². The van der Waals surface area contributed by atoms with E-state index in [9.17, 15) is 14.7 Å². The van der Waals surface area contributed by atoms with Crippen LogP contribution >= 0.6 is 0 Å². The molecular formula is C23H28O4. The second-order valence-electron chi connectivity index (χ2n) is 7.73. The Morgan fingerprint density at radius 1 is 1.00 bits per heavy atom. The number of phenolic OH excluding ortho intramolecular Hbond substituents is 1. The van der Waals surface area contributed by atoms with Crippen molar-refractivity contribution in [3.8, 4) is 11.5 Å². The number of aromatic hydroxyl groups is 1. The van der Waals surface area contributed by atoms with Crippen LogP contribution in [0.4, 0.5) is 0 Å². The second kappa shape index (κ2) is 8.85. The Morgan fingerprint density at radius 3 is 2.22 bits per heavy atom. The van der Waals surface area contributed by atoms with Crippen molar-refractivity contribution in [3.63, 3.8) is 0 Å². The predicted molar refractivity (Wildman–Crippen MR) is 107 cm³/mol. The van der Waals surface area contributed by atoms with Crippen LogP contribution in [-0.2, 0) is 5.41 Å². The SMILES string of the molecule is CCCCOc1ccc(C(=O)CC(=O)c2ccc(C(C)(C)C)cc2)c(O)c1. The van der Waals surface area contributed by atoms with Crippen LogP contribution in [0.1, 0.15) is 73.2 Å². The van der Waals surface area contributed by atoms with Crippen molar-refractivity contribution >= 4 is 11.6 Å². The average molecular weight is 368 g/mol. The third-order valence-corrected chi connectivity index (χ3v) is 4.43. The molecule has 0 saturated heterocycles. The minimum Gasteiger partial charge on any atom is -0.507 e. The highest BCUT2D eigenvalue weighted by Crippen LogP contribution is 2.26. The Bertz CT molecular complexity index is 798. The first-order valence-electron chi connectivity index (χ1n) is 9.35. The first-order valence-corrected chi connectivity index (χ1v) is 9.35. The number of Topliss-reactive ketones (excluding diaryl/α,β-unsaturated/α-hetero) is 2. The summed E-state index contributed by atoms with van der Waals surface area (Å²) in [5.74, 6) is -0.313. The Kier molecular flexibility index (Phi) is 6.78. The largest absolute Gasteiger partial charge is 0.507 e. The van der Waals surface area contributed by atoms with E-state index in [2.05, 4.69) is 27.7 Å². The maximum absolute atomic E-state index is 12.4. The molecule has 0 bridgehead atoms. The molecule has 4 nitrogen and oxygen atoms in total. The maximum atomic E-state index is 12.4. The van der Waals surface area contributed by atoms with Gasteiger partial charge >= 0.3 is 0 Å². The second-order valence-corrected chi connectivity index (χ2v) is 7.73. The molecule has 0 unspecified atom stereocenters. The first kappa shape index (κ1) is 20.7. The molecule has 0 saturated carbocycles. The van der Waals surface area contributed by atoms with E-state index in [0.29, 0.717) is 17.9 Å². The summed E-state index contributed by atoms with van der Waals surface area (Å²) in [7, 11) is 0. The fourth-order valence-corrected chi connectivity index (χ4v) is 2.67. The fraction of sp³-hybridized carbons (Fsp3) is 0.391. The molecule has 0 fully saturated rings. The van der Waals surface area contributed by atoms with E-state index < -0.39 is 5.78 Å². The van der Waals surface area contributed by atoms with Gasteiger partial charge in [0.05, 0.1) is 18.6 Å². The molecule has 2 aromatic rings. The van der Waals surface area contributed by atoms with Gasteiger partial charge in [0, 0.05) is 11.6 Å². The quantitative estimate of drug-likeness (QED) is 0.389. The Morgan fingerprint density at radius 2 is 1.67 bits per heavy atom. The number of benzene rings is 2. The van der Waals surface area contributed by atoms with Crippen LogP contribution < -0.4 is 4.74 Å². The summed E-state index contributed by atoms with van der Waals surface area (Å²) in [5.41, 5.74) is 1.76. The van der Waals surface area contributed by atoms with Gasteiger partial charge in [0.15, 0.2) is 11.6 Å². The topological polar surface area (TPSA) is 63.6 Å². The molecule has 0 radical (unpaired) electrons. The molecule has 0 heterocycles. The number of carbonyl (C=O) groups excluding carboxylic acids is 2. The van der Waals surface area contributed by atoms with Gasteiger partial charge in [-0.15, -0.1) is 0 Å². The van der Waals surface area contributed by atoms with E-state index in [1.165, 1.54) is 12.1 Å². The van der Waals surface area contributed by atoms with Gasteiger partial charge in [-0.3, -0.25) is 9.59 Å². The third kappa shape index (κ3) is 5.68. The molecule has 2 aromatic carbocycles. The van der Waals surface area contributed by atoms with Crippen molar-refractivity contribution in [3.05, 3.63) is 59.2 Å². The number of rotatable bonds is 8. The summed E-state index contributed by atoms with van der Waals surface area (Å²) in [5, 5.41) is 10.1. The van der Waals surface area contributed by atoms with Crippen molar-refractivity contribution in [1.82, 2.24) is 0 Å². The van der Waals surface area contributed by atoms with Crippen molar-refractivity contribution in [2.24, 2.45) is 0 Å². The van der Waals surface area contributed by atoms with Crippen LogP contribution in [0.5, 0.6) is 11.5 Å². The number of hydrogen-bond acceptors (Lipinski definition) is 4. The Balaban J connectivity index is 2.04. The van der Waals surface area contributed by atoms with Crippen molar-refractivity contribution in [1.29, 1.82) is 0 Å². The number of carbonyl (C=O) groups is 2. The van der Waals surface area contributed by atoms with Crippen LogP contribution in [0.25, 0.3) is 0 Å². The van der Waals surface area contributed by atoms with Crippen molar-refractivity contribution in [2.75, 3.05) is 6.61 Å². The van der Waals surface area contributed by atoms with Gasteiger partial charge in [-0.2, -0.15) is 0 Å². The minimum atomic E-state index is -0.405. The first-order chi connectivity index (χ1) is 12.7. The lowest BCUT2D eigenvalue weighted by atomic mass is 9.86. The predicted octanol–water partition coefficient (Wildman–Crippen LogP) is 5.32. The number of ketones is 2. The molecule has 144 valence electrons. The van der Waals surface area contributed by atoms with Crippen LogP contribution in [0.3, 0.4) is 0 Å². The average Bonchev–Trinajstić information content (AvgIpc) is 2.61. The molecule has 27 heavy (non-hydrogen) atoms. The summed E-state index contributed by atoms with van der Waals surface area (Å²) in [4.78, 5) is 24.8. The maximum Gasteiger partial charge on any atom is 0.174 e. The highest BCUT2D eigenvalue weighted by Gasteiger charge is 2.18. The standard InChI is InChI=1S/C23H28O4/c1-5-6-13-27-18-11-12-19(21(25)14-18)22(26)15-20(24)16-7-9-17(10-8-16)23(2,3)4/h7-12,14,25H,5-6,13,15H2,1-4H3. The minimum absolute atomic E-state index is 0.00410. The normalized spacial score (nSPS) is 11.3. The molecule has 0 aliphatic heterocycles. The lowest BCUT2D eigenvalue weighted by molar-refractivity contribution is 0.0893. The monoisotopic (exact) mass is 368 g/mol. The van der Waals surface area contributed by atoms with Crippen LogP contribution in [0, 0.1) is 0 Å². The molecular weight excluding hydrogens is 340 g/mol. The number of ether oxygens (including phenoxy) is 1. The van der Waals surface area contributed by atoms with Crippen molar-refractivity contribution < 1.29 is 19.4 Å². The van der Waals surface area contributed by atoms with Gasteiger partial charge in [0.1, 0.15) is 11.5 Å². The lowest BCUT2D eigenvalue weighted by Crippen LogP contribution is -2.12. The van der Waals surface area contributed by atoms with E-state index >= 15 is 0 Å². The zero-order valence-electron chi connectivity index (χ0n) is 16.5. The molecule has 1 N–H and O–H groups in total. The number of phenols is 1. The van der Waals surface area contributed by atoms with Gasteiger partial charge in [-0.25, -0.2) is 0 Å². The van der Waals surface area contributed by atoms with E-state index in [-0.39, 0.29) is 28.9 Å². The summed E-state index contributed by atoms with van der Waals surface area (Å²) < 4.78 is 5.51. The molecule has 0 atom stereocenters. The van der Waals surface area contributed by atoms with Gasteiger partial charge in [0.2, 0.25) is 0 Å². The van der Waals surface area contributed by atoms with Gasteiger partial charge < -0.3 is 9.84 Å². The van der Waals surface area contributed by atoms with Crippen LogP contribution in [0.2, 0.25) is 0 Å². The summed E-state index contributed by atoms with van der Waals surface area (Å²) in [6.45, 7) is 8.94. The summed E-state index contributed by atoms with van der Waals surface area (Å²) in [6, 6.07) is 11.9. The molecule has 0 aromatic heterocycles. The number of hydrogen-bond donors (Lipinski definition) is 1. The zero-order chi connectivity index (χ0) is 20.0. The van der Waals surface area contributed by atoms with E-state index in [1.54, 1.807) is 18.2 Å². The van der Waals surface area contributed by atoms with E-state index in [4.69, 9.17) is 4.74 Å². The Hall–Kier alpha value is -2.62. The molecule has 0 spiro atoms. The van der Waals surface area contributed by atoms with Crippen LogP contribution in [-0.4, -0.2) is 23.3 Å². The lowest BCUT2D eigenvalue weighted by Gasteiger charge is -2.18. The summed E-state index contributed by atoms with van der Waals surface area (Å²) in [6.07, 6.45) is 1.66. The number of unbranched alkanes of at least 4 members (excludes halogenated alkanes) is 1. The summed E-state index contributed by atoms with van der Waals surface area (Å²) >= 11 is 0. The van der Waals surface area contributed by atoms with Gasteiger partial charge in [0.25, 0.3) is 0 Å². The molecule has 4 heteroatoms. The Labute approximate surface area is 161 Å². The fourth-order valence-electron chi connectivity index (χ4n) is 2.67. The molecule has 2 rings (SSSR count). The van der Waals surface area contributed by atoms with Gasteiger partial charge in [-0.05, 0) is 29.5 Å². The molecule has 0 aliphatic rings. The van der Waals surface area contributed by atoms with Crippen LogP contribution in [0.15, 0.2) is 42.5 Å². The molecule has 0 aliphatic carbocycles. The smallest absolute Gasteiger partial charge is 0.174 e. The third-order valence-electron chi connectivity index (χ3n) is 4.43. The molecule has 0 amide bonds.